The molecule has 1 amide bonds. The number of aliphatic hydroxyl groups excluding tert-OH is 1. The number of unbranched alkanes of at least 4 members (excludes halogenated alkanes) is 2. The Morgan fingerprint density at radius 1 is 0.972 bits per heavy atom. The van der Waals surface area contributed by atoms with Gasteiger partial charge in [0.2, 0.25) is 10.0 Å². The number of nitrogens with one attached hydrogen (secondary N) is 1. The van der Waals surface area contributed by atoms with Crippen LogP contribution < -0.4 is 14.5 Å². The molecule has 0 unspecified atom stereocenters. The first-order valence-electron chi connectivity index (χ1n) is 12.9. The van der Waals surface area contributed by atoms with Crippen molar-refractivity contribution in [2.24, 2.45) is 0 Å². The summed E-state index contributed by atoms with van der Waals surface area (Å²) in [6, 6.07) is 12.4. The van der Waals surface area contributed by atoms with Crippen LogP contribution in [0.2, 0.25) is 0 Å². The van der Waals surface area contributed by atoms with Crippen molar-refractivity contribution in [2.45, 2.75) is 65.3 Å². The monoisotopic (exact) mass is 518 g/mol. The lowest BCUT2D eigenvalue weighted by molar-refractivity contribution is 0.0916. The van der Waals surface area contributed by atoms with E-state index in [0.29, 0.717) is 24.2 Å². The van der Waals surface area contributed by atoms with Gasteiger partial charge in [0.05, 0.1) is 18.9 Å². The molecule has 1 aromatic carbocycles. The molecule has 0 aliphatic carbocycles. The van der Waals surface area contributed by atoms with Crippen molar-refractivity contribution in [2.75, 3.05) is 41.7 Å². The summed E-state index contributed by atoms with van der Waals surface area (Å²) >= 11 is 0. The van der Waals surface area contributed by atoms with E-state index in [1.54, 1.807) is 6.07 Å². The minimum absolute atomic E-state index is 0.212. The largest absolute Gasteiger partial charge is 0.394 e. The van der Waals surface area contributed by atoms with Crippen LogP contribution in [0.4, 0.5) is 11.6 Å². The first kappa shape index (κ1) is 29.6. The van der Waals surface area contributed by atoms with Gasteiger partial charge in [0.15, 0.2) is 0 Å². The molecule has 1 aromatic heterocycles. The van der Waals surface area contributed by atoms with Crippen molar-refractivity contribution in [1.82, 2.24) is 10.3 Å². The molecule has 2 N–H and O–H groups in total. The van der Waals surface area contributed by atoms with Gasteiger partial charge in [-0.25, -0.2) is 13.4 Å². The fraction of sp³-hybridized carbons (Fsp3) is 0.556. The van der Waals surface area contributed by atoms with E-state index in [9.17, 15) is 18.3 Å². The maximum absolute atomic E-state index is 13.4. The van der Waals surface area contributed by atoms with Crippen molar-refractivity contribution < 1.29 is 18.3 Å². The maximum atomic E-state index is 13.4. The van der Waals surface area contributed by atoms with Crippen molar-refractivity contribution in [1.29, 1.82) is 0 Å². The van der Waals surface area contributed by atoms with Gasteiger partial charge in [-0.2, -0.15) is 0 Å². The summed E-state index contributed by atoms with van der Waals surface area (Å²) in [6.07, 6.45) is 6.20. The predicted octanol–water partition coefficient (Wildman–Crippen LogP) is 4.00. The number of hydrogen-bond donors (Lipinski definition) is 2. The van der Waals surface area contributed by atoms with E-state index in [2.05, 4.69) is 24.1 Å². The molecule has 0 fully saturated rings. The molecule has 0 radical (unpaired) electrons. The van der Waals surface area contributed by atoms with Crippen molar-refractivity contribution >= 4 is 27.6 Å². The summed E-state index contributed by atoms with van der Waals surface area (Å²) in [4.78, 5) is 20.2. The number of sulfonamides is 1. The zero-order chi connectivity index (χ0) is 26.6. The lowest BCUT2D eigenvalue weighted by atomic mass is 10.1. The highest BCUT2D eigenvalue weighted by Crippen LogP contribution is 2.24. The van der Waals surface area contributed by atoms with Crippen molar-refractivity contribution in [3.8, 4) is 0 Å². The topological polar surface area (TPSA) is 103 Å². The summed E-state index contributed by atoms with van der Waals surface area (Å²) in [5.41, 5.74) is 1.33. The van der Waals surface area contributed by atoms with Crippen molar-refractivity contribution in [3.63, 3.8) is 0 Å². The van der Waals surface area contributed by atoms with Crippen LogP contribution in [0.1, 0.15) is 68.8 Å². The molecule has 8 nitrogen and oxygen atoms in total. The highest BCUT2D eigenvalue weighted by atomic mass is 32.2. The molecule has 0 saturated carbocycles. The molecule has 1 heterocycles. The molecule has 200 valence electrons. The van der Waals surface area contributed by atoms with E-state index in [0.717, 1.165) is 50.6 Å². The number of nitrogens with zero attached hydrogens (tertiary/aromatic N) is 3. The van der Waals surface area contributed by atoms with Gasteiger partial charge in [-0.1, -0.05) is 63.9 Å². The van der Waals surface area contributed by atoms with Gasteiger partial charge in [-0.05, 0) is 43.4 Å². The zero-order valence-corrected chi connectivity index (χ0v) is 22.9. The second-order valence-corrected chi connectivity index (χ2v) is 11.1. The van der Waals surface area contributed by atoms with Gasteiger partial charge in [0.25, 0.3) is 5.91 Å². The van der Waals surface area contributed by atoms with Gasteiger partial charge < -0.3 is 15.3 Å². The minimum atomic E-state index is -3.59. The lowest BCUT2D eigenvalue weighted by Crippen LogP contribution is -2.39. The Labute approximate surface area is 216 Å². The van der Waals surface area contributed by atoms with Crippen LogP contribution in [0.5, 0.6) is 0 Å². The number of aliphatic hydroxyl groups is 1. The van der Waals surface area contributed by atoms with Crippen LogP contribution in [0.3, 0.4) is 0 Å². The number of pyridine rings is 1. The Bertz CT molecular complexity index is 1040. The number of benzene rings is 1. The zero-order valence-electron chi connectivity index (χ0n) is 22.1. The number of carbonyl (C=O) groups excluding carboxylic acids is 1. The molecular weight excluding hydrogens is 476 g/mol. The fourth-order valence-electron chi connectivity index (χ4n) is 3.94. The summed E-state index contributed by atoms with van der Waals surface area (Å²) in [6.45, 7) is 7.75. The Kier molecular flexibility index (Phi) is 12.2. The Morgan fingerprint density at radius 3 is 2.11 bits per heavy atom. The summed E-state index contributed by atoms with van der Waals surface area (Å²) in [5.74, 6) is 0.460. The van der Waals surface area contributed by atoms with Gasteiger partial charge >= 0.3 is 0 Å². The molecule has 9 heteroatoms. The first-order valence-corrected chi connectivity index (χ1v) is 14.8. The normalized spacial score (nSPS) is 12.2. The van der Waals surface area contributed by atoms with E-state index in [1.807, 2.05) is 37.3 Å². The SMILES string of the molecule is CCCCN(CCCC)c1cc(C(=O)N[C@H](CO)Cc2ccccc2)cc(N(CCC)S(C)(=O)=O)n1. The number of aromatic nitrogens is 1. The van der Waals surface area contributed by atoms with Crippen LogP contribution >= 0.6 is 0 Å². The molecule has 1 atom stereocenters. The van der Waals surface area contributed by atoms with E-state index in [-0.39, 0.29) is 24.9 Å². The molecule has 0 aliphatic rings. The molecule has 0 aliphatic heterocycles. The number of carbonyl (C=O) groups is 1. The molecule has 2 aromatic rings. The van der Waals surface area contributed by atoms with E-state index >= 15 is 0 Å². The minimum Gasteiger partial charge on any atom is -0.394 e. The molecule has 36 heavy (non-hydrogen) atoms. The van der Waals surface area contributed by atoms with Crippen LogP contribution in [-0.2, 0) is 16.4 Å². The van der Waals surface area contributed by atoms with Crippen LogP contribution in [0.25, 0.3) is 0 Å². The second-order valence-electron chi connectivity index (χ2n) is 9.14. The number of amides is 1. The van der Waals surface area contributed by atoms with E-state index in [1.165, 1.54) is 10.4 Å². The van der Waals surface area contributed by atoms with Crippen LogP contribution in [0.15, 0.2) is 42.5 Å². The average Bonchev–Trinajstić information content (AvgIpc) is 2.86. The van der Waals surface area contributed by atoms with Crippen molar-refractivity contribution in [3.05, 3.63) is 53.6 Å². The Balaban J connectivity index is 2.46. The van der Waals surface area contributed by atoms with E-state index < -0.39 is 16.1 Å². The molecule has 2 rings (SSSR count). The number of hydrogen-bond acceptors (Lipinski definition) is 6. The second kappa shape index (κ2) is 14.8. The maximum Gasteiger partial charge on any atom is 0.251 e. The number of anilines is 2. The summed E-state index contributed by atoms with van der Waals surface area (Å²) < 4.78 is 26.5. The smallest absolute Gasteiger partial charge is 0.251 e. The first-order chi connectivity index (χ1) is 17.2. The van der Waals surface area contributed by atoms with Gasteiger partial charge in [-0.3, -0.25) is 9.10 Å². The standard InChI is InChI=1S/C27H42N4O4S/c1-5-8-16-30(17-9-6-2)25-19-23(20-26(29-25)31(15-7-3)36(4,34)35)27(33)28-24(21-32)18-22-13-11-10-12-14-22/h10-14,19-20,24,32H,5-9,15-18,21H2,1-4H3,(H,28,33)/t24-/m0/s1. The third-order valence-electron chi connectivity index (χ3n) is 5.91. The Hall–Kier alpha value is -2.65. The predicted molar refractivity (Wildman–Crippen MR) is 147 cm³/mol. The highest BCUT2D eigenvalue weighted by Gasteiger charge is 2.23. The quantitative estimate of drug-likeness (QED) is 0.348. The summed E-state index contributed by atoms with van der Waals surface area (Å²) in [5, 5.41) is 12.8. The molecule has 0 saturated heterocycles. The van der Waals surface area contributed by atoms with Crippen LogP contribution in [-0.4, -0.2) is 63.0 Å². The third kappa shape index (κ3) is 9.09. The Morgan fingerprint density at radius 2 is 1.58 bits per heavy atom. The van der Waals surface area contributed by atoms with E-state index in [4.69, 9.17) is 4.98 Å². The average molecular weight is 519 g/mol. The summed E-state index contributed by atoms with van der Waals surface area (Å²) in [7, 11) is -3.59. The molecule has 0 spiro atoms. The van der Waals surface area contributed by atoms with Crippen LogP contribution in [0, 0.1) is 0 Å². The lowest BCUT2D eigenvalue weighted by Gasteiger charge is -2.27. The third-order valence-corrected chi connectivity index (χ3v) is 7.08. The molecule has 0 bridgehead atoms. The highest BCUT2D eigenvalue weighted by molar-refractivity contribution is 7.92. The van der Waals surface area contributed by atoms with Gasteiger partial charge in [0.1, 0.15) is 11.6 Å². The van der Waals surface area contributed by atoms with Gasteiger partial charge in [0, 0.05) is 25.2 Å². The van der Waals surface area contributed by atoms with Gasteiger partial charge in [-0.15, -0.1) is 0 Å². The fourth-order valence-corrected chi connectivity index (χ4v) is 4.89. The molecular formula is C27H42N4O4S. The number of rotatable bonds is 16.